The molecule has 39 heavy (non-hydrogen) atoms. The van der Waals surface area contributed by atoms with Gasteiger partial charge in [0.25, 0.3) is 17.7 Å². The number of halogens is 7. The number of aryl methyl sites for hydroxylation is 1. The molecule has 3 aliphatic rings. The van der Waals surface area contributed by atoms with E-state index < -0.39 is 55.5 Å². The number of imide groups is 1. The van der Waals surface area contributed by atoms with Gasteiger partial charge in [-0.15, -0.1) is 23.2 Å². The number of carbonyl (C=O) groups is 4. The molecule has 204 valence electrons. The molecule has 2 aromatic carbocycles. The summed E-state index contributed by atoms with van der Waals surface area (Å²) in [6, 6.07) is 11.0. The number of allylic oxidation sites excluding steroid dienone is 2. The maximum absolute atomic E-state index is 14.0. The first kappa shape index (κ1) is 29.0. The number of alkyl halides is 4. The average Bonchev–Trinajstić information content (AvgIpc) is 3.28. The third-order valence-electron chi connectivity index (χ3n) is 7.48. The van der Waals surface area contributed by atoms with Crippen LogP contribution in [0, 0.1) is 18.8 Å². The number of hydrazine groups is 1. The van der Waals surface area contributed by atoms with E-state index >= 15 is 0 Å². The lowest BCUT2D eigenvalue weighted by Crippen LogP contribution is -2.59. The molecule has 0 spiro atoms. The molecule has 2 aliphatic carbocycles. The zero-order valence-electron chi connectivity index (χ0n) is 20.0. The van der Waals surface area contributed by atoms with E-state index in [9.17, 15) is 19.2 Å². The number of hydrogen-bond acceptors (Lipinski definition) is 4. The molecular weight excluding hydrogens is 652 g/mol. The molecule has 0 N–H and O–H groups in total. The third-order valence-corrected chi connectivity index (χ3v) is 12.0. The van der Waals surface area contributed by atoms with Crippen LogP contribution in [0.15, 0.2) is 58.6 Å². The summed E-state index contributed by atoms with van der Waals surface area (Å²) in [4.78, 5) is 51.3. The van der Waals surface area contributed by atoms with E-state index in [1.54, 1.807) is 24.3 Å². The Bertz CT molecular complexity index is 1430. The minimum absolute atomic E-state index is 0.0583. The van der Waals surface area contributed by atoms with Crippen molar-refractivity contribution in [3.8, 4) is 0 Å². The molecule has 5 rings (SSSR count). The molecule has 13 heteroatoms. The Kier molecular flexibility index (Phi) is 7.08. The molecule has 1 aliphatic heterocycles. The molecule has 0 aromatic heterocycles. The Hall–Kier alpha value is -1.51. The fourth-order valence-corrected chi connectivity index (χ4v) is 8.48. The van der Waals surface area contributed by atoms with Crippen LogP contribution in [0.25, 0.3) is 0 Å². The highest BCUT2D eigenvalue weighted by Gasteiger charge is 2.88. The summed E-state index contributed by atoms with van der Waals surface area (Å²) in [5.41, 5.74) is 1.23. The molecule has 2 fully saturated rings. The first-order valence-electron chi connectivity index (χ1n) is 11.5. The summed E-state index contributed by atoms with van der Waals surface area (Å²) in [5.74, 6) is -6.22. The van der Waals surface area contributed by atoms with Crippen LogP contribution in [-0.4, -0.2) is 53.6 Å². The summed E-state index contributed by atoms with van der Waals surface area (Å²) in [7, 11) is 0. The van der Waals surface area contributed by atoms with E-state index in [0.29, 0.717) is 10.0 Å². The number of ketones is 1. The van der Waals surface area contributed by atoms with Crippen LogP contribution in [0.3, 0.4) is 0 Å². The Morgan fingerprint density at radius 3 is 1.69 bits per heavy atom. The van der Waals surface area contributed by atoms with Gasteiger partial charge in [-0.2, -0.15) is 5.01 Å². The fourth-order valence-electron chi connectivity index (χ4n) is 5.43. The molecule has 0 radical (unpaired) electrons. The lowest BCUT2D eigenvalue weighted by molar-refractivity contribution is -0.157. The molecule has 1 saturated heterocycles. The van der Waals surface area contributed by atoms with Crippen molar-refractivity contribution < 1.29 is 19.2 Å². The molecule has 3 amide bonds. The third kappa shape index (κ3) is 3.69. The second-order valence-corrected chi connectivity index (χ2v) is 13.3. The van der Waals surface area contributed by atoms with E-state index in [4.69, 9.17) is 81.2 Å². The smallest absolute Gasteiger partial charge is 0.273 e. The first-order chi connectivity index (χ1) is 18.1. The zero-order valence-corrected chi connectivity index (χ0v) is 25.3. The van der Waals surface area contributed by atoms with Gasteiger partial charge in [-0.3, -0.25) is 19.2 Å². The molecule has 2 aromatic rings. The summed E-state index contributed by atoms with van der Waals surface area (Å²) in [6.07, 6.45) is 0. The standard InChI is InChI=1S/C26H17Cl7N2O4/c1-11-3-5-13(6-4-11)18(36)12(2)34(21(37)14-7-9-15(27)10-8-14)35-22(38)16-17(23(35)39)25(31)20(29)19(28)24(16,30)26(25,32)33/h3-10,12,16-17H,1-2H3/t12-,16-,17-,24+,25+/m0/s1. The van der Waals surface area contributed by atoms with E-state index in [0.717, 1.165) is 10.6 Å². The predicted molar refractivity (Wildman–Crippen MR) is 152 cm³/mol. The van der Waals surface area contributed by atoms with Crippen molar-refractivity contribution in [1.82, 2.24) is 10.0 Å². The number of Topliss-reactive ketones (excluding diaryl/α,β-unsaturated/α-hetero) is 1. The number of hydrogen-bond donors (Lipinski definition) is 0. The van der Waals surface area contributed by atoms with Gasteiger partial charge in [-0.25, -0.2) is 5.01 Å². The van der Waals surface area contributed by atoms with Gasteiger partial charge in [0.1, 0.15) is 15.8 Å². The molecular formula is C26H17Cl7N2O4. The van der Waals surface area contributed by atoms with Gasteiger partial charge in [0.2, 0.25) is 0 Å². The monoisotopic (exact) mass is 666 g/mol. The van der Waals surface area contributed by atoms with Gasteiger partial charge < -0.3 is 0 Å². The van der Waals surface area contributed by atoms with Gasteiger partial charge in [0.15, 0.2) is 10.1 Å². The van der Waals surface area contributed by atoms with Crippen LogP contribution < -0.4 is 0 Å². The topological polar surface area (TPSA) is 74.8 Å². The minimum atomic E-state index is -2.14. The Morgan fingerprint density at radius 1 is 0.795 bits per heavy atom. The quantitative estimate of drug-likeness (QED) is 0.201. The van der Waals surface area contributed by atoms with Crippen LogP contribution in [0.4, 0.5) is 0 Å². The normalized spacial score (nSPS) is 29.6. The molecule has 1 saturated carbocycles. The first-order valence-corrected chi connectivity index (χ1v) is 14.2. The van der Waals surface area contributed by atoms with Crippen LogP contribution in [0.5, 0.6) is 0 Å². The van der Waals surface area contributed by atoms with Gasteiger partial charge in [-0.05, 0) is 38.1 Å². The van der Waals surface area contributed by atoms with Crippen LogP contribution in [0.2, 0.25) is 5.02 Å². The number of nitrogens with zero attached hydrogens (tertiary/aromatic N) is 2. The van der Waals surface area contributed by atoms with Crippen LogP contribution in [-0.2, 0) is 9.59 Å². The van der Waals surface area contributed by atoms with Crippen molar-refractivity contribution in [2.45, 2.75) is 34.0 Å². The fraction of sp³-hybridized carbons (Fsp3) is 0.308. The maximum Gasteiger partial charge on any atom is 0.273 e. The number of fused-ring (bicyclic) bond motifs is 5. The largest absolute Gasteiger partial charge is 0.292 e. The Balaban J connectivity index is 1.63. The van der Waals surface area contributed by atoms with E-state index in [1.807, 2.05) is 6.92 Å². The van der Waals surface area contributed by atoms with Crippen molar-refractivity contribution in [3.05, 3.63) is 80.3 Å². The summed E-state index contributed by atoms with van der Waals surface area (Å²) in [5, 5.41) is 1.19. The zero-order chi connectivity index (χ0) is 28.8. The number of amides is 3. The Labute approximate surface area is 258 Å². The van der Waals surface area contributed by atoms with E-state index in [2.05, 4.69) is 0 Å². The molecule has 2 bridgehead atoms. The van der Waals surface area contributed by atoms with Crippen molar-refractivity contribution in [3.63, 3.8) is 0 Å². The van der Waals surface area contributed by atoms with Crippen molar-refractivity contribution in [2.75, 3.05) is 0 Å². The van der Waals surface area contributed by atoms with Gasteiger partial charge in [0, 0.05) is 16.1 Å². The highest BCUT2D eigenvalue weighted by Crippen LogP contribution is 2.77. The van der Waals surface area contributed by atoms with Crippen molar-refractivity contribution in [2.24, 2.45) is 11.8 Å². The van der Waals surface area contributed by atoms with Crippen molar-refractivity contribution in [1.29, 1.82) is 0 Å². The second kappa shape index (κ2) is 9.52. The van der Waals surface area contributed by atoms with Crippen molar-refractivity contribution >= 4 is 105 Å². The lowest BCUT2D eigenvalue weighted by Gasteiger charge is -2.38. The minimum Gasteiger partial charge on any atom is -0.292 e. The van der Waals surface area contributed by atoms with Crippen LogP contribution >= 0.6 is 81.2 Å². The Morgan fingerprint density at radius 2 is 1.23 bits per heavy atom. The summed E-state index contributed by atoms with van der Waals surface area (Å²) < 4.78 is -2.14. The SMILES string of the molecule is Cc1ccc(C(=O)[C@H](C)N(C(=O)c2ccc(Cl)cc2)N2C(=O)[C@@H]3[C@@H](C2=O)[C@@]2(Cl)C(Cl)=C(Cl)[C@@]3(Cl)C2(Cl)Cl)cc1. The molecule has 5 atom stereocenters. The number of carbonyl (C=O) groups excluding carboxylic acids is 4. The molecule has 0 unspecified atom stereocenters. The second-order valence-electron chi connectivity index (χ2n) is 9.63. The average molecular weight is 670 g/mol. The molecule has 1 heterocycles. The highest BCUT2D eigenvalue weighted by atomic mass is 35.5. The summed E-state index contributed by atoms with van der Waals surface area (Å²) in [6.45, 7) is 3.25. The summed E-state index contributed by atoms with van der Waals surface area (Å²) >= 11 is 45.5. The molecule has 6 nitrogen and oxygen atoms in total. The van der Waals surface area contributed by atoms with Gasteiger partial charge >= 0.3 is 0 Å². The number of rotatable bonds is 5. The number of benzene rings is 2. The van der Waals surface area contributed by atoms with Gasteiger partial charge in [-0.1, -0.05) is 87.8 Å². The van der Waals surface area contributed by atoms with Crippen LogP contribution in [0.1, 0.15) is 33.2 Å². The lowest BCUT2D eigenvalue weighted by atomic mass is 9.84. The predicted octanol–water partition coefficient (Wildman–Crippen LogP) is 6.72. The van der Waals surface area contributed by atoms with Gasteiger partial charge in [0.05, 0.1) is 21.9 Å². The maximum atomic E-state index is 14.0. The van der Waals surface area contributed by atoms with E-state index in [-0.39, 0.29) is 21.2 Å². The highest BCUT2D eigenvalue weighted by molar-refractivity contribution is 6.66. The van der Waals surface area contributed by atoms with E-state index in [1.165, 1.54) is 31.2 Å².